The molecule has 1 aliphatic carbocycles. The van der Waals surface area contributed by atoms with Crippen molar-refractivity contribution in [3.63, 3.8) is 0 Å². The Morgan fingerprint density at radius 1 is 1.62 bits per heavy atom. The van der Waals surface area contributed by atoms with Crippen molar-refractivity contribution in [2.24, 2.45) is 11.8 Å². The maximum absolute atomic E-state index is 3.51. The second kappa shape index (κ2) is 1.47. The van der Waals surface area contributed by atoms with Crippen LogP contribution in [-0.4, -0.2) is 12.6 Å². The largest absolute Gasteiger partial charge is 0.313 e. The van der Waals surface area contributed by atoms with Crippen LogP contribution in [0.15, 0.2) is 0 Å². The lowest BCUT2D eigenvalue weighted by molar-refractivity contribution is 0.519. The predicted octanol–water partition coefficient (Wildman–Crippen LogP) is 1.00. The number of nitrogens with one attached hydrogen (secondary N) is 1. The summed E-state index contributed by atoms with van der Waals surface area (Å²) in [5.74, 6) is 2.17. The van der Waals surface area contributed by atoms with Crippen molar-refractivity contribution in [3.05, 3.63) is 0 Å². The molecule has 0 aromatic carbocycles. The van der Waals surface area contributed by atoms with Gasteiger partial charge in [0.05, 0.1) is 0 Å². The van der Waals surface area contributed by atoms with E-state index in [1.807, 2.05) is 0 Å². The molecular formula is C7H13N. The molecule has 0 aromatic rings. The van der Waals surface area contributed by atoms with E-state index in [4.69, 9.17) is 0 Å². The van der Waals surface area contributed by atoms with Crippen molar-refractivity contribution in [3.8, 4) is 0 Å². The van der Waals surface area contributed by atoms with Gasteiger partial charge >= 0.3 is 0 Å². The summed E-state index contributed by atoms with van der Waals surface area (Å²) >= 11 is 0. The highest BCUT2D eigenvalue weighted by Gasteiger charge is 2.46. The standard InChI is InChI=1S/C7H13N/c1-2-7-6-3-5(6)4-8-7/h5-8H,2-4H2,1H3/t5-,6-,7-/m1/s1. The van der Waals surface area contributed by atoms with Gasteiger partial charge in [-0.3, -0.25) is 0 Å². The highest BCUT2D eigenvalue weighted by molar-refractivity contribution is 5.01. The smallest absolute Gasteiger partial charge is 0.00960 e. The Hall–Kier alpha value is -0.0400. The van der Waals surface area contributed by atoms with Crippen LogP contribution in [0.3, 0.4) is 0 Å². The van der Waals surface area contributed by atoms with Gasteiger partial charge in [0, 0.05) is 6.04 Å². The highest BCUT2D eigenvalue weighted by atomic mass is 15.0. The summed E-state index contributed by atoms with van der Waals surface area (Å²) in [7, 11) is 0. The zero-order valence-corrected chi connectivity index (χ0v) is 5.35. The molecule has 1 saturated heterocycles. The second-order valence-electron chi connectivity index (χ2n) is 3.08. The van der Waals surface area contributed by atoms with Crippen LogP contribution in [0.25, 0.3) is 0 Å². The molecule has 1 saturated carbocycles. The predicted molar refractivity (Wildman–Crippen MR) is 33.7 cm³/mol. The molecule has 1 N–H and O–H groups in total. The molecule has 8 heavy (non-hydrogen) atoms. The first-order chi connectivity index (χ1) is 3.92. The van der Waals surface area contributed by atoms with Gasteiger partial charge in [-0.15, -0.1) is 0 Å². The molecule has 0 bridgehead atoms. The van der Waals surface area contributed by atoms with Gasteiger partial charge in [0.15, 0.2) is 0 Å². The van der Waals surface area contributed by atoms with Crippen LogP contribution in [0.5, 0.6) is 0 Å². The fourth-order valence-corrected chi connectivity index (χ4v) is 1.90. The maximum Gasteiger partial charge on any atom is 0.00960 e. The van der Waals surface area contributed by atoms with Crippen molar-refractivity contribution in [2.75, 3.05) is 6.54 Å². The SMILES string of the molecule is CC[C@H]1NC[C@H]2C[C@H]21. The zero-order valence-electron chi connectivity index (χ0n) is 5.35. The van der Waals surface area contributed by atoms with E-state index >= 15 is 0 Å². The molecule has 1 nitrogen and oxygen atoms in total. The van der Waals surface area contributed by atoms with E-state index in [2.05, 4.69) is 12.2 Å². The Labute approximate surface area is 50.5 Å². The minimum absolute atomic E-state index is 0.889. The van der Waals surface area contributed by atoms with Crippen LogP contribution < -0.4 is 5.32 Å². The van der Waals surface area contributed by atoms with Crippen molar-refractivity contribution >= 4 is 0 Å². The third-order valence-electron chi connectivity index (χ3n) is 2.58. The first-order valence-corrected chi connectivity index (χ1v) is 3.65. The summed E-state index contributed by atoms with van der Waals surface area (Å²) in [5.41, 5.74) is 0. The lowest BCUT2D eigenvalue weighted by Crippen LogP contribution is -2.24. The average Bonchev–Trinajstić information content (AvgIpc) is 2.46. The van der Waals surface area contributed by atoms with Gasteiger partial charge in [0.1, 0.15) is 0 Å². The summed E-state index contributed by atoms with van der Waals surface area (Å²) in [6, 6.07) is 0.889. The van der Waals surface area contributed by atoms with E-state index in [0.717, 1.165) is 17.9 Å². The van der Waals surface area contributed by atoms with E-state index in [1.54, 1.807) is 0 Å². The lowest BCUT2D eigenvalue weighted by Gasteiger charge is -2.07. The first kappa shape index (κ1) is 4.80. The van der Waals surface area contributed by atoms with Crippen molar-refractivity contribution < 1.29 is 0 Å². The minimum atomic E-state index is 0.889. The summed E-state index contributed by atoms with van der Waals surface area (Å²) in [6.45, 7) is 3.58. The highest BCUT2D eigenvalue weighted by Crippen LogP contribution is 2.45. The fourth-order valence-electron chi connectivity index (χ4n) is 1.90. The minimum Gasteiger partial charge on any atom is -0.313 e. The van der Waals surface area contributed by atoms with Crippen LogP contribution in [0.4, 0.5) is 0 Å². The molecule has 1 aliphatic heterocycles. The number of fused-ring (bicyclic) bond motifs is 1. The van der Waals surface area contributed by atoms with Crippen molar-refractivity contribution in [1.82, 2.24) is 5.32 Å². The van der Waals surface area contributed by atoms with Gasteiger partial charge < -0.3 is 5.32 Å². The summed E-state index contributed by atoms with van der Waals surface area (Å²) in [5, 5.41) is 3.51. The van der Waals surface area contributed by atoms with E-state index in [1.165, 1.54) is 19.4 Å². The molecule has 46 valence electrons. The molecule has 0 unspecified atom stereocenters. The van der Waals surface area contributed by atoms with Gasteiger partial charge in [-0.1, -0.05) is 6.92 Å². The Balaban J connectivity index is 1.97. The third-order valence-corrected chi connectivity index (χ3v) is 2.58. The molecule has 0 aromatic heterocycles. The molecule has 3 atom stereocenters. The summed E-state index contributed by atoms with van der Waals surface area (Å²) in [6.07, 6.45) is 2.85. The van der Waals surface area contributed by atoms with E-state index < -0.39 is 0 Å². The normalized spacial score (nSPS) is 51.4. The molecular weight excluding hydrogens is 98.1 g/mol. The van der Waals surface area contributed by atoms with Gasteiger partial charge in [-0.2, -0.15) is 0 Å². The Bertz CT molecular complexity index is 101. The second-order valence-corrected chi connectivity index (χ2v) is 3.08. The van der Waals surface area contributed by atoms with Crippen molar-refractivity contribution in [1.29, 1.82) is 0 Å². The molecule has 2 aliphatic rings. The maximum atomic E-state index is 3.51. The van der Waals surface area contributed by atoms with Crippen molar-refractivity contribution in [2.45, 2.75) is 25.8 Å². The molecule has 0 amide bonds. The number of hydrogen-bond donors (Lipinski definition) is 1. The van der Waals surface area contributed by atoms with Crippen LogP contribution in [-0.2, 0) is 0 Å². The van der Waals surface area contributed by atoms with Crippen LogP contribution in [0, 0.1) is 11.8 Å². The van der Waals surface area contributed by atoms with Crippen LogP contribution in [0.1, 0.15) is 19.8 Å². The molecule has 0 radical (unpaired) electrons. The van der Waals surface area contributed by atoms with E-state index in [-0.39, 0.29) is 0 Å². The Kier molecular flexibility index (Phi) is 0.884. The number of hydrogen-bond acceptors (Lipinski definition) is 1. The summed E-state index contributed by atoms with van der Waals surface area (Å²) in [4.78, 5) is 0. The molecule has 1 heterocycles. The summed E-state index contributed by atoms with van der Waals surface area (Å²) < 4.78 is 0. The molecule has 2 fully saturated rings. The Morgan fingerprint density at radius 3 is 2.75 bits per heavy atom. The van der Waals surface area contributed by atoms with Crippen LogP contribution >= 0.6 is 0 Å². The average molecular weight is 111 g/mol. The first-order valence-electron chi connectivity index (χ1n) is 3.65. The third kappa shape index (κ3) is 0.510. The van der Waals surface area contributed by atoms with E-state index in [0.29, 0.717) is 0 Å². The van der Waals surface area contributed by atoms with E-state index in [9.17, 15) is 0 Å². The molecule has 0 spiro atoms. The topological polar surface area (TPSA) is 12.0 Å². The number of piperidine rings is 1. The lowest BCUT2D eigenvalue weighted by atomic mass is 10.1. The van der Waals surface area contributed by atoms with Gasteiger partial charge in [0.25, 0.3) is 0 Å². The van der Waals surface area contributed by atoms with Gasteiger partial charge in [0.2, 0.25) is 0 Å². The van der Waals surface area contributed by atoms with Crippen LogP contribution in [0.2, 0.25) is 0 Å². The zero-order chi connectivity index (χ0) is 5.56. The fraction of sp³-hybridized carbons (Fsp3) is 1.00. The molecule has 2 rings (SSSR count). The monoisotopic (exact) mass is 111 g/mol. The molecule has 1 heteroatoms. The Morgan fingerprint density at radius 2 is 2.50 bits per heavy atom. The number of rotatable bonds is 1. The van der Waals surface area contributed by atoms with Gasteiger partial charge in [-0.05, 0) is 31.2 Å². The quantitative estimate of drug-likeness (QED) is 0.532. The van der Waals surface area contributed by atoms with Gasteiger partial charge in [-0.25, -0.2) is 0 Å².